The number of hydrogen-bond acceptors (Lipinski definition) is 7. The predicted octanol–water partition coefficient (Wildman–Crippen LogP) is 2.83. The normalized spacial score (nSPS) is 23.9. The average Bonchev–Trinajstić information content (AvgIpc) is 3.35. The Morgan fingerprint density at radius 3 is 2.86 bits per heavy atom. The number of nitrogens with one attached hydrogen (secondary N) is 3. The van der Waals surface area contributed by atoms with Crippen molar-refractivity contribution in [3.05, 3.63) is 30.4 Å². The monoisotopic (exact) mass is 391 g/mol. The molecule has 2 bridgehead atoms. The average molecular weight is 391 g/mol. The molecular weight excluding hydrogens is 366 g/mol. The van der Waals surface area contributed by atoms with E-state index in [2.05, 4.69) is 36.8 Å². The van der Waals surface area contributed by atoms with E-state index in [1.54, 1.807) is 6.20 Å². The van der Waals surface area contributed by atoms with Gasteiger partial charge in [0.1, 0.15) is 5.52 Å². The Balaban J connectivity index is 1.36. The van der Waals surface area contributed by atoms with Crippen LogP contribution < -0.4 is 10.6 Å². The molecular formula is C20H25N9. The summed E-state index contributed by atoms with van der Waals surface area (Å²) in [5, 5.41) is 23.1. The molecule has 3 aromatic heterocycles. The van der Waals surface area contributed by atoms with Gasteiger partial charge in [0.15, 0.2) is 11.6 Å². The van der Waals surface area contributed by atoms with Gasteiger partial charge >= 0.3 is 0 Å². The van der Waals surface area contributed by atoms with Crippen molar-refractivity contribution in [3.63, 3.8) is 0 Å². The zero-order valence-electron chi connectivity index (χ0n) is 16.5. The molecule has 2 fully saturated rings. The second-order valence-corrected chi connectivity index (χ2v) is 8.02. The van der Waals surface area contributed by atoms with E-state index in [9.17, 15) is 0 Å². The second kappa shape index (κ2) is 7.37. The summed E-state index contributed by atoms with van der Waals surface area (Å²) in [6.45, 7) is 2.86. The van der Waals surface area contributed by atoms with Crippen LogP contribution in [-0.4, -0.2) is 54.1 Å². The lowest BCUT2D eigenvalue weighted by atomic mass is 9.97. The van der Waals surface area contributed by atoms with Crippen LogP contribution in [0.15, 0.2) is 24.7 Å². The Labute approximate surface area is 169 Å². The van der Waals surface area contributed by atoms with Gasteiger partial charge in [0.2, 0.25) is 5.95 Å². The SMILES string of the molecule is Cc1cc(Nc2nc(NC3C[C@H]4CC[C@@H](C3)N4CCC#N)n3ccncc23)n[nH]1. The van der Waals surface area contributed by atoms with Crippen molar-refractivity contribution in [2.45, 2.75) is 57.2 Å². The van der Waals surface area contributed by atoms with Crippen molar-refractivity contribution in [3.8, 4) is 6.07 Å². The maximum absolute atomic E-state index is 8.93. The van der Waals surface area contributed by atoms with Crippen LogP contribution in [0.1, 0.15) is 37.8 Å². The Morgan fingerprint density at radius 2 is 2.14 bits per heavy atom. The van der Waals surface area contributed by atoms with Gasteiger partial charge in [0.25, 0.3) is 0 Å². The third kappa shape index (κ3) is 3.40. The summed E-state index contributed by atoms with van der Waals surface area (Å²) in [5.74, 6) is 2.30. The van der Waals surface area contributed by atoms with Gasteiger partial charge in [0.05, 0.1) is 12.3 Å². The Hall–Kier alpha value is -3.12. The largest absolute Gasteiger partial charge is 0.352 e. The third-order valence-electron chi connectivity index (χ3n) is 6.10. The van der Waals surface area contributed by atoms with Gasteiger partial charge in [-0.1, -0.05) is 0 Å². The molecule has 0 spiro atoms. The highest BCUT2D eigenvalue weighted by Gasteiger charge is 2.40. The number of nitriles is 1. The maximum atomic E-state index is 8.93. The van der Waals surface area contributed by atoms with E-state index < -0.39 is 0 Å². The van der Waals surface area contributed by atoms with E-state index in [-0.39, 0.29) is 0 Å². The fourth-order valence-corrected chi connectivity index (χ4v) is 4.85. The topological polar surface area (TPSA) is 110 Å². The molecule has 3 N–H and O–H groups in total. The molecule has 3 atom stereocenters. The highest BCUT2D eigenvalue weighted by atomic mass is 15.3. The lowest BCUT2D eigenvalue weighted by Crippen LogP contribution is -2.47. The van der Waals surface area contributed by atoms with E-state index in [1.807, 2.05) is 29.8 Å². The quantitative estimate of drug-likeness (QED) is 0.593. The van der Waals surface area contributed by atoms with Gasteiger partial charge in [-0.2, -0.15) is 15.3 Å². The summed E-state index contributed by atoms with van der Waals surface area (Å²) in [4.78, 5) is 11.6. The number of hydrogen-bond donors (Lipinski definition) is 3. The van der Waals surface area contributed by atoms with Gasteiger partial charge in [-0.05, 0) is 32.6 Å². The number of nitrogens with zero attached hydrogens (tertiary/aromatic N) is 6. The van der Waals surface area contributed by atoms with Gasteiger partial charge in [-0.3, -0.25) is 19.4 Å². The molecule has 1 unspecified atom stereocenters. The van der Waals surface area contributed by atoms with E-state index in [0.29, 0.717) is 24.5 Å². The fourth-order valence-electron chi connectivity index (χ4n) is 4.85. The number of imidazole rings is 1. The van der Waals surface area contributed by atoms with Crippen molar-refractivity contribution < 1.29 is 0 Å². The molecule has 2 aliphatic heterocycles. The molecule has 29 heavy (non-hydrogen) atoms. The van der Waals surface area contributed by atoms with Gasteiger partial charge in [-0.25, -0.2) is 0 Å². The molecule has 0 saturated carbocycles. The molecule has 2 aliphatic rings. The lowest BCUT2D eigenvalue weighted by Gasteiger charge is -2.38. The van der Waals surface area contributed by atoms with Crippen LogP contribution in [0.2, 0.25) is 0 Å². The molecule has 9 nitrogen and oxygen atoms in total. The summed E-state index contributed by atoms with van der Waals surface area (Å²) < 4.78 is 2.04. The van der Waals surface area contributed by atoms with Crippen LogP contribution in [0.5, 0.6) is 0 Å². The molecule has 0 aliphatic carbocycles. The Kier molecular flexibility index (Phi) is 4.56. The maximum Gasteiger partial charge on any atom is 0.209 e. The predicted molar refractivity (Wildman–Crippen MR) is 110 cm³/mol. The molecule has 2 saturated heterocycles. The van der Waals surface area contributed by atoms with Gasteiger partial charge in [0, 0.05) is 55.2 Å². The first kappa shape index (κ1) is 17.9. The minimum absolute atomic E-state index is 0.380. The molecule has 5 rings (SSSR count). The molecule has 5 heterocycles. The Morgan fingerprint density at radius 1 is 1.31 bits per heavy atom. The van der Waals surface area contributed by atoms with Gasteiger partial charge < -0.3 is 10.6 Å². The molecule has 150 valence electrons. The van der Waals surface area contributed by atoms with E-state index >= 15 is 0 Å². The number of H-pyrrole nitrogens is 1. The highest BCUT2D eigenvalue weighted by molar-refractivity contribution is 5.75. The van der Waals surface area contributed by atoms with Crippen LogP contribution >= 0.6 is 0 Å². The van der Waals surface area contributed by atoms with Crippen molar-refractivity contribution in [2.75, 3.05) is 17.2 Å². The zero-order chi connectivity index (χ0) is 19.8. The number of fused-ring (bicyclic) bond motifs is 3. The summed E-state index contributed by atoms with van der Waals surface area (Å²) in [5.41, 5.74) is 1.90. The summed E-state index contributed by atoms with van der Waals surface area (Å²) in [6.07, 6.45) is 10.8. The van der Waals surface area contributed by atoms with Crippen LogP contribution in [0.25, 0.3) is 5.52 Å². The zero-order valence-corrected chi connectivity index (χ0v) is 16.5. The summed E-state index contributed by atoms with van der Waals surface area (Å²) in [6, 6.07) is 5.75. The first-order valence-electron chi connectivity index (χ1n) is 10.2. The summed E-state index contributed by atoms with van der Waals surface area (Å²) >= 11 is 0. The smallest absolute Gasteiger partial charge is 0.209 e. The third-order valence-corrected chi connectivity index (χ3v) is 6.10. The van der Waals surface area contributed by atoms with Crippen molar-refractivity contribution in [1.29, 1.82) is 5.26 Å². The Bertz CT molecular complexity index is 1030. The minimum Gasteiger partial charge on any atom is -0.352 e. The number of aromatic amines is 1. The first-order valence-corrected chi connectivity index (χ1v) is 10.2. The standard InChI is InChI=1S/C20H25N9/c1-13-9-18(27-26-13)24-19-17-12-22-6-8-29(17)20(25-19)23-14-10-15-3-4-16(11-14)28(15)7-2-5-21/h6,8-9,12,14-16H,2-4,7,10-11H2,1H3,(H,23,25)(H2,24,26,27)/t14?,15-,16+. The van der Waals surface area contributed by atoms with Crippen LogP contribution in [-0.2, 0) is 0 Å². The van der Waals surface area contributed by atoms with E-state index in [4.69, 9.17) is 10.2 Å². The number of aromatic nitrogens is 5. The molecule has 0 aromatic carbocycles. The minimum atomic E-state index is 0.380. The van der Waals surface area contributed by atoms with Crippen molar-refractivity contribution >= 4 is 23.1 Å². The van der Waals surface area contributed by atoms with Crippen molar-refractivity contribution in [2.24, 2.45) is 0 Å². The van der Waals surface area contributed by atoms with E-state index in [0.717, 1.165) is 48.2 Å². The summed E-state index contributed by atoms with van der Waals surface area (Å²) in [7, 11) is 0. The van der Waals surface area contributed by atoms with E-state index in [1.165, 1.54) is 12.8 Å². The number of aryl methyl sites for hydroxylation is 1. The highest BCUT2D eigenvalue weighted by Crippen LogP contribution is 2.37. The number of anilines is 3. The van der Waals surface area contributed by atoms with Crippen LogP contribution in [0.4, 0.5) is 17.6 Å². The van der Waals surface area contributed by atoms with Gasteiger partial charge in [-0.15, -0.1) is 0 Å². The van der Waals surface area contributed by atoms with Crippen molar-refractivity contribution in [1.82, 2.24) is 29.5 Å². The second-order valence-electron chi connectivity index (χ2n) is 8.02. The van der Waals surface area contributed by atoms with Crippen LogP contribution in [0.3, 0.4) is 0 Å². The molecule has 9 heteroatoms. The van der Waals surface area contributed by atoms with Crippen LogP contribution in [0, 0.1) is 18.3 Å². The first-order chi connectivity index (χ1) is 14.2. The fraction of sp³-hybridized carbons (Fsp3) is 0.500. The molecule has 0 radical (unpaired) electrons. The number of piperidine rings is 1. The molecule has 0 amide bonds. The lowest BCUT2D eigenvalue weighted by molar-refractivity contribution is 0.135. The molecule has 3 aromatic rings. The number of rotatable bonds is 6.